The lowest BCUT2D eigenvalue weighted by atomic mass is 9.86. The van der Waals surface area contributed by atoms with Gasteiger partial charge in [0.1, 0.15) is 5.78 Å². The highest BCUT2D eigenvalue weighted by atomic mass is 79.9. The van der Waals surface area contributed by atoms with Crippen molar-refractivity contribution in [2.24, 2.45) is 0 Å². The maximum atomic E-state index is 11.5. The van der Waals surface area contributed by atoms with Crippen LogP contribution in [0.25, 0.3) is 5.52 Å². The van der Waals surface area contributed by atoms with E-state index in [2.05, 4.69) is 51.2 Å². The fourth-order valence-electron chi connectivity index (χ4n) is 2.89. The first kappa shape index (κ1) is 15.5. The van der Waals surface area contributed by atoms with Crippen molar-refractivity contribution < 1.29 is 4.79 Å². The summed E-state index contributed by atoms with van der Waals surface area (Å²) in [5.74, 6) is 1.42. The molecule has 118 valence electrons. The van der Waals surface area contributed by atoms with Crippen LogP contribution < -0.4 is 5.32 Å². The monoisotopic (exact) mass is 364 g/mol. The second-order valence-corrected chi connectivity index (χ2v) is 6.92. The number of hydrogen-bond donors (Lipinski definition) is 1. The number of nitrogens with one attached hydrogen (secondary N) is 1. The van der Waals surface area contributed by atoms with E-state index in [0.717, 1.165) is 29.3 Å². The van der Waals surface area contributed by atoms with Gasteiger partial charge in [0.15, 0.2) is 0 Å². The van der Waals surface area contributed by atoms with E-state index in [-0.39, 0.29) is 0 Å². The van der Waals surface area contributed by atoms with Crippen molar-refractivity contribution in [2.45, 2.75) is 57.9 Å². The van der Waals surface area contributed by atoms with Crippen LogP contribution in [0.5, 0.6) is 0 Å². The van der Waals surface area contributed by atoms with Crippen molar-refractivity contribution >= 4 is 33.2 Å². The number of Topliss-reactive ketones (excluding diaryl/α,β-unsaturated/α-hetero) is 1. The van der Waals surface area contributed by atoms with Crippen LogP contribution in [0.4, 0.5) is 5.95 Å². The van der Waals surface area contributed by atoms with Gasteiger partial charge in [0.25, 0.3) is 0 Å². The van der Waals surface area contributed by atoms with Crippen LogP contribution in [0.3, 0.4) is 0 Å². The lowest BCUT2D eigenvalue weighted by molar-refractivity contribution is -0.120. The topological polar surface area (TPSA) is 59.3 Å². The van der Waals surface area contributed by atoms with E-state index in [1.807, 2.05) is 10.7 Å². The SMILES string of the molecule is CC[C@H](C)Nc1ncc2c(Br)cc(C3CCC(=O)CC3)n2n1. The molecule has 1 aliphatic carbocycles. The first-order chi connectivity index (χ1) is 10.6. The largest absolute Gasteiger partial charge is 0.351 e. The Morgan fingerprint density at radius 2 is 2.18 bits per heavy atom. The van der Waals surface area contributed by atoms with Gasteiger partial charge in [-0.25, -0.2) is 9.50 Å². The predicted molar refractivity (Wildman–Crippen MR) is 90.3 cm³/mol. The molecule has 0 saturated heterocycles. The highest BCUT2D eigenvalue weighted by Crippen LogP contribution is 2.34. The molecule has 0 aliphatic heterocycles. The van der Waals surface area contributed by atoms with Gasteiger partial charge in [-0.3, -0.25) is 4.79 Å². The first-order valence-corrected chi connectivity index (χ1v) is 8.70. The van der Waals surface area contributed by atoms with Crippen LogP contribution in [-0.4, -0.2) is 26.4 Å². The number of carbonyl (C=O) groups is 1. The van der Waals surface area contributed by atoms with Crippen LogP contribution in [0.15, 0.2) is 16.7 Å². The highest BCUT2D eigenvalue weighted by Gasteiger charge is 2.24. The molecule has 1 N–H and O–H groups in total. The summed E-state index contributed by atoms with van der Waals surface area (Å²) in [4.78, 5) is 15.9. The number of anilines is 1. The number of aromatic nitrogens is 3. The molecule has 5 nitrogen and oxygen atoms in total. The molecule has 6 heteroatoms. The number of carbonyl (C=O) groups excluding carboxylic acids is 1. The molecule has 1 aliphatic rings. The number of halogens is 1. The Morgan fingerprint density at radius 3 is 2.86 bits per heavy atom. The van der Waals surface area contributed by atoms with Gasteiger partial charge in [0, 0.05) is 35.0 Å². The van der Waals surface area contributed by atoms with Gasteiger partial charge in [-0.1, -0.05) is 6.92 Å². The summed E-state index contributed by atoms with van der Waals surface area (Å²) in [7, 11) is 0. The second-order valence-electron chi connectivity index (χ2n) is 6.06. The number of hydrogen-bond acceptors (Lipinski definition) is 4. The van der Waals surface area contributed by atoms with Gasteiger partial charge in [0.2, 0.25) is 5.95 Å². The highest BCUT2D eigenvalue weighted by molar-refractivity contribution is 9.10. The summed E-state index contributed by atoms with van der Waals surface area (Å²) in [5, 5.41) is 7.98. The summed E-state index contributed by atoms with van der Waals surface area (Å²) in [6.07, 6.45) is 6.05. The summed E-state index contributed by atoms with van der Waals surface area (Å²) in [5.41, 5.74) is 2.14. The molecular weight excluding hydrogens is 344 g/mol. The van der Waals surface area contributed by atoms with Crippen LogP contribution in [0.2, 0.25) is 0 Å². The molecule has 0 radical (unpaired) electrons. The van der Waals surface area contributed by atoms with Crippen molar-refractivity contribution in [1.29, 1.82) is 0 Å². The smallest absolute Gasteiger partial charge is 0.241 e. The molecule has 3 rings (SSSR count). The van der Waals surface area contributed by atoms with Gasteiger partial charge in [-0.15, -0.1) is 5.10 Å². The Bertz CT molecular complexity index is 687. The molecule has 0 bridgehead atoms. The molecule has 2 aromatic heterocycles. The normalized spacial score (nSPS) is 17.9. The Hall–Kier alpha value is -1.43. The fourth-order valence-corrected chi connectivity index (χ4v) is 3.40. The van der Waals surface area contributed by atoms with Crippen molar-refractivity contribution in [3.8, 4) is 0 Å². The minimum Gasteiger partial charge on any atom is -0.351 e. The minimum atomic E-state index is 0.340. The number of fused-ring (bicyclic) bond motifs is 1. The van der Waals surface area contributed by atoms with E-state index < -0.39 is 0 Å². The quantitative estimate of drug-likeness (QED) is 0.892. The van der Waals surface area contributed by atoms with Crippen LogP contribution in [0, 0.1) is 0 Å². The number of rotatable bonds is 4. The zero-order chi connectivity index (χ0) is 15.7. The van der Waals surface area contributed by atoms with Gasteiger partial charge in [0.05, 0.1) is 11.7 Å². The maximum Gasteiger partial charge on any atom is 0.241 e. The number of ketones is 1. The zero-order valence-corrected chi connectivity index (χ0v) is 14.6. The first-order valence-electron chi connectivity index (χ1n) is 7.91. The molecule has 0 unspecified atom stereocenters. The summed E-state index contributed by atoms with van der Waals surface area (Å²) in [6, 6.07) is 2.46. The van der Waals surface area contributed by atoms with Crippen LogP contribution in [-0.2, 0) is 4.79 Å². The maximum absolute atomic E-state index is 11.5. The minimum absolute atomic E-state index is 0.340. The summed E-state index contributed by atoms with van der Waals surface area (Å²) in [6.45, 7) is 4.25. The standard InChI is InChI=1S/C16H21BrN4O/c1-3-10(2)19-16-18-9-15-13(17)8-14(21(15)20-16)11-4-6-12(22)7-5-11/h8-11H,3-7H2,1-2H3,(H,19,20)/t10-/m0/s1. The van der Waals surface area contributed by atoms with Gasteiger partial charge < -0.3 is 5.32 Å². The molecule has 1 saturated carbocycles. The fraction of sp³-hybridized carbons (Fsp3) is 0.562. The second kappa shape index (κ2) is 6.36. The van der Waals surface area contributed by atoms with E-state index in [4.69, 9.17) is 0 Å². The third-order valence-corrected chi connectivity index (χ3v) is 5.08. The Labute approximate surface area is 138 Å². The molecule has 1 atom stereocenters. The van der Waals surface area contributed by atoms with E-state index in [1.165, 1.54) is 5.69 Å². The Kier molecular flexibility index (Phi) is 4.47. The lowest BCUT2D eigenvalue weighted by Gasteiger charge is -2.20. The molecular formula is C16H21BrN4O. The average Bonchev–Trinajstić information content (AvgIpc) is 2.84. The molecule has 0 aromatic carbocycles. The third-order valence-electron chi connectivity index (χ3n) is 4.45. The van der Waals surface area contributed by atoms with Gasteiger partial charge >= 0.3 is 0 Å². The molecule has 0 amide bonds. The van der Waals surface area contributed by atoms with E-state index >= 15 is 0 Å². The number of nitrogens with zero attached hydrogens (tertiary/aromatic N) is 3. The summed E-state index contributed by atoms with van der Waals surface area (Å²) >= 11 is 3.60. The van der Waals surface area contributed by atoms with Gasteiger partial charge in [-0.05, 0) is 48.2 Å². The third kappa shape index (κ3) is 3.02. The molecule has 2 heterocycles. The molecule has 0 spiro atoms. The van der Waals surface area contributed by atoms with Crippen LogP contribution >= 0.6 is 15.9 Å². The molecule has 1 fully saturated rings. The van der Waals surface area contributed by atoms with E-state index in [9.17, 15) is 4.79 Å². The van der Waals surface area contributed by atoms with E-state index in [1.54, 1.807) is 0 Å². The zero-order valence-electron chi connectivity index (χ0n) is 13.0. The Morgan fingerprint density at radius 1 is 1.45 bits per heavy atom. The molecule has 2 aromatic rings. The van der Waals surface area contributed by atoms with Crippen molar-refractivity contribution in [1.82, 2.24) is 14.6 Å². The average molecular weight is 365 g/mol. The van der Waals surface area contributed by atoms with Crippen molar-refractivity contribution in [2.75, 3.05) is 5.32 Å². The lowest BCUT2D eigenvalue weighted by Crippen LogP contribution is -2.18. The van der Waals surface area contributed by atoms with Crippen molar-refractivity contribution in [3.63, 3.8) is 0 Å². The molecule has 22 heavy (non-hydrogen) atoms. The summed E-state index contributed by atoms with van der Waals surface area (Å²) < 4.78 is 2.98. The van der Waals surface area contributed by atoms with E-state index in [0.29, 0.717) is 36.5 Å². The Balaban J connectivity index is 1.95. The van der Waals surface area contributed by atoms with Gasteiger partial charge in [-0.2, -0.15) is 0 Å². The van der Waals surface area contributed by atoms with Crippen molar-refractivity contribution in [3.05, 3.63) is 22.4 Å². The predicted octanol–water partition coefficient (Wildman–Crippen LogP) is 3.93. The van der Waals surface area contributed by atoms with Crippen LogP contribution in [0.1, 0.15) is 57.6 Å².